The molecule has 1 saturated heterocycles. The van der Waals surface area contributed by atoms with E-state index in [4.69, 9.17) is 9.40 Å². The van der Waals surface area contributed by atoms with Gasteiger partial charge in [0.1, 0.15) is 11.6 Å². The smallest absolute Gasteiger partial charge is 0.117 e. The average Bonchev–Trinajstić information content (AvgIpc) is 3.16. The summed E-state index contributed by atoms with van der Waals surface area (Å²) in [6.45, 7) is 3.21. The number of piperidine rings is 1. The lowest BCUT2D eigenvalue weighted by Gasteiger charge is -2.31. The summed E-state index contributed by atoms with van der Waals surface area (Å²) in [6.07, 6.45) is 5.33. The molecule has 2 aromatic heterocycles. The molecular formula is C18H21N3O. The molecule has 3 aromatic rings. The standard InChI is InChI=1S/C18H21N3O/c1-2-8-17-16(7-1)19-18(20-17)11-14-5-3-9-21(12-14)13-15-6-4-10-22-15/h1-2,4,6-8,10,14H,3,5,9,11-13H2,(H,19,20). The SMILES string of the molecule is c1coc(CN2CCCC(Cc3nc4ccccc4[nH]3)C2)c1. The van der Waals surface area contributed by atoms with Crippen LogP contribution in [0.5, 0.6) is 0 Å². The number of para-hydroxylation sites is 2. The van der Waals surface area contributed by atoms with Gasteiger partial charge < -0.3 is 9.40 Å². The molecule has 1 N–H and O–H groups in total. The number of fused-ring (bicyclic) bond motifs is 1. The zero-order valence-corrected chi connectivity index (χ0v) is 12.7. The number of imidazole rings is 1. The molecule has 0 radical (unpaired) electrons. The van der Waals surface area contributed by atoms with Gasteiger partial charge in [0, 0.05) is 13.0 Å². The molecule has 1 aliphatic heterocycles. The summed E-state index contributed by atoms with van der Waals surface area (Å²) in [5.74, 6) is 2.85. The second-order valence-corrected chi connectivity index (χ2v) is 6.23. The molecule has 1 aromatic carbocycles. The van der Waals surface area contributed by atoms with Gasteiger partial charge in [-0.05, 0) is 49.6 Å². The van der Waals surface area contributed by atoms with E-state index in [1.807, 2.05) is 12.1 Å². The predicted molar refractivity (Wildman–Crippen MR) is 86.5 cm³/mol. The molecule has 0 aliphatic carbocycles. The van der Waals surface area contributed by atoms with Crippen molar-refractivity contribution >= 4 is 11.0 Å². The first-order valence-corrected chi connectivity index (χ1v) is 8.05. The van der Waals surface area contributed by atoms with Crippen molar-refractivity contribution in [3.8, 4) is 0 Å². The minimum Gasteiger partial charge on any atom is -0.468 e. The minimum absolute atomic E-state index is 0.671. The Hall–Kier alpha value is -2.07. The fourth-order valence-electron chi connectivity index (χ4n) is 3.46. The normalized spacial score (nSPS) is 19.7. The maximum absolute atomic E-state index is 5.47. The highest BCUT2D eigenvalue weighted by Gasteiger charge is 2.21. The molecule has 4 nitrogen and oxygen atoms in total. The van der Waals surface area contributed by atoms with Gasteiger partial charge in [-0.2, -0.15) is 0 Å². The van der Waals surface area contributed by atoms with Crippen molar-refractivity contribution in [2.75, 3.05) is 13.1 Å². The van der Waals surface area contributed by atoms with Gasteiger partial charge in [-0.3, -0.25) is 4.90 Å². The van der Waals surface area contributed by atoms with E-state index in [2.05, 4.69) is 34.1 Å². The Morgan fingerprint density at radius 3 is 3.05 bits per heavy atom. The number of H-pyrrole nitrogens is 1. The summed E-state index contributed by atoms with van der Waals surface area (Å²) >= 11 is 0. The zero-order chi connectivity index (χ0) is 14.8. The monoisotopic (exact) mass is 295 g/mol. The van der Waals surface area contributed by atoms with Gasteiger partial charge in [0.2, 0.25) is 0 Å². The van der Waals surface area contributed by atoms with Crippen molar-refractivity contribution in [3.63, 3.8) is 0 Å². The molecule has 4 heteroatoms. The Morgan fingerprint density at radius 1 is 1.23 bits per heavy atom. The van der Waals surface area contributed by atoms with Gasteiger partial charge in [-0.15, -0.1) is 0 Å². The van der Waals surface area contributed by atoms with E-state index in [9.17, 15) is 0 Å². The first-order valence-electron chi connectivity index (χ1n) is 8.05. The minimum atomic E-state index is 0.671. The molecule has 0 spiro atoms. The van der Waals surface area contributed by atoms with Crippen molar-refractivity contribution < 1.29 is 4.42 Å². The molecule has 0 amide bonds. The average molecular weight is 295 g/mol. The van der Waals surface area contributed by atoms with Crippen LogP contribution >= 0.6 is 0 Å². The first-order chi connectivity index (χ1) is 10.9. The van der Waals surface area contributed by atoms with Gasteiger partial charge >= 0.3 is 0 Å². The number of likely N-dealkylation sites (tertiary alicyclic amines) is 1. The number of benzene rings is 1. The van der Waals surface area contributed by atoms with Crippen LogP contribution in [0.15, 0.2) is 47.1 Å². The van der Waals surface area contributed by atoms with Crippen molar-refractivity contribution in [3.05, 3.63) is 54.2 Å². The van der Waals surface area contributed by atoms with Gasteiger partial charge in [0.25, 0.3) is 0 Å². The Labute approximate surface area is 130 Å². The molecule has 1 unspecified atom stereocenters. The van der Waals surface area contributed by atoms with Crippen molar-refractivity contribution in [1.82, 2.24) is 14.9 Å². The summed E-state index contributed by atoms with van der Waals surface area (Å²) < 4.78 is 5.47. The van der Waals surface area contributed by atoms with E-state index in [1.165, 1.54) is 12.8 Å². The van der Waals surface area contributed by atoms with E-state index >= 15 is 0 Å². The van der Waals surface area contributed by atoms with Crippen LogP contribution in [0, 0.1) is 5.92 Å². The van der Waals surface area contributed by atoms with E-state index in [0.29, 0.717) is 5.92 Å². The number of aromatic amines is 1. The number of nitrogens with one attached hydrogen (secondary N) is 1. The topological polar surface area (TPSA) is 45.1 Å². The first kappa shape index (κ1) is 13.6. The number of hydrogen-bond donors (Lipinski definition) is 1. The van der Waals surface area contributed by atoms with Gasteiger partial charge in [-0.25, -0.2) is 4.98 Å². The predicted octanol–water partition coefficient (Wildman–Crippen LogP) is 3.61. The van der Waals surface area contributed by atoms with Crippen LogP contribution in [0.3, 0.4) is 0 Å². The lowest BCUT2D eigenvalue weighted by molar-refractivity contribution is 0.156. The summed E-state index contributed by atoms with van der Waals surface area (Å²) in [5.41, 5.74) is 2.21. The number of furan rings is 1. The molecule has 1 fully saturated rings. The summed E-state index contributed by atoms with van der Waals surface area (Å²) in [7, 11) is 0. The highest BCUT2D eigenvalue weighted by molar-refractivity contribution is 5.74. The second kappa shape index (κ2) is 5.97. The third-order valence-electron chi connectivity index (χ3n) is 4.48. The Kier molecular flexibility index (Phi) is 3.69. The third-order valence-corrected chi connectivity index (χ3v) is 4.48. The lowest BCUT2D eigenvalue weighted by atomic mass is 9.94. The lowest BCUT2D eigenvalue weighted by Crippen LogP contribution is -2.35. The largest absolute Gasteiger partial charge is 0.468 e. The van der Waals surface area contributed by atoms with Crippen LogP contribution in [0.1, 0.15) is 24.4 Å². The van der Waals surface area contributed by atoms with E-state index in [-0.39, 0.29) is 0 Å². The molecule has 1 aliphatic rings. The third kappa shape index (κ3) is 2.92. The maximum Gasteiger partial charge on any atom is 0.117 e. The Morgan fingerprint density at radius 2 is 2.18 bits per heavy atom. The van der Waals surface area contributed by atoms with Crippen LogP contribution in [-0.4, -0.2) is 28.0 Å². The summed E-state index contributed by atoms with van der Waals surface area (Å²) in [6, 6.07) is 12.3. The van der Waals surface area contributed by atoms with E-state index < -0.39 is 0 Å². The zero-order valence-electron chi connectivity index (χ0n) is 12.7. The Bertz CT molecular complexity index is 699. The fourth-order valence-corrected chi connectivity index (χ4v) is 3.46. The maximum atomic E-state index is 5.47. The quantitative estimate of drug-likeness (QED) is 0.799. The summed E-state index contributed by atoms with van der Waals surface area (Å²) in [5, 5.41) is 0. The van der Waals surface area contributed by atoms with Crippen LogP contribution in [0.25, 0.3) is 11.0 Å². The number of aromatic nitrogens is 2. The van der Waals surface area contributed by atoms with Crippen LogP contribution in [-0.2, 0) is 13.0 Å². The van der Waals surface area contributed by atoms with Crippen LogP contribution in [0.2, 0.25) is 0 Å². The van der Waals surface area contributed by atoms with E-state index in [1.54, 1.807) is 6.26 Å². The van der Waals surface area contributed by atoms with Gasteiger partial charge in [0.15, 0.2) is 0 Å². The summed E-state index contributed by atoms with van der Waals surface area (Å²) in [4.78, 5) is 10.7. The molecule has 0 saturated carbocycles. The highest BCUT2D eigenvalue weighted by Crippen LogP contribution is 2.22. The number of hydrogen-bond acceptors (Lipinski definition) is 3. The van der Waals surface area contributed by atoms with Crippen molar-refractivity contribution in [2.24, 2.45) is 5.92 Å². The molecular weight excluding hydrogens is 274 g/mol. The second-order valence-electron chi connectivity index (χ2n) is 6.23. The van der Waals surface area contributed by atoms with Crippen molar-refractivity contribution in [1.29, 1.82) is 0 Å². The molecule has 1 atom stereocenters. The van der Waals surface area contributed by atoms with Crippen LogP contribution in [0.4, 0.5) is 0 Å². The molecule has 22 heavy (non-hydrogen) atoms. The molecule has 4 rings (SSSR count). The van der Waals surface area contributed by atoms with Gasteiger partial charge in [-0.1, -0.05) is 12.1 Å². The molecule has 3 heterocycles. The van der Waals surface area contributed by atoms with Crippen LogP contribution < -0.4 is 0 Å². The number of nitrogens with zero attached hydrogens (tertiary/aromatic N) is 2. The highest BCUT2D eigenvalue weighted by atomic mass is 16.3. The van der Waals surface area contributed by atoms with Gasteiger partial charge in [0.05, 0.1) is 23.8 Å². The van der Waals surface area contributed by atoms with Crippen molar-refractivity contribution in [2.45, 2.75) is 25.8 Å². The van der Waals surface area contributed by atoms with E-state index in [0.717, 1.165) is 48.7 Å². The number of rotatable bonds is 4. The molecule has 114 valence electrons. The molecule has 0 bridgehead atoms. The Balaban J connectivity index is 1.41. The fraction of sp³-hybridized carbons (Fsp3) is 0.389.